The van der Waals surface area contributed by atoms with Crippen molar-refractivity contribution in [3.8, 4) is 0 Å². The van der Waals surface area contributed by atoms with Gasteiger partial charge in [-0.2, -0.15) is 0 Å². The van der Waals surface area contributed by atoms with Gasteiger partial charge < -0.3 is 0 Å². The quantitative estimate of drug-likeness (QED) is 0.414. The van der Waals surface area contributed by atoms with Crippen LogP contribution < -0.4 is 5.73 Å². The summed E-state index contributed by atoms with van der Waals surface area (Å²) >= 11 is 1.89. The van der Waals surface area contributed by atoms with Gasteiger partial charge in [-0.1, -0.05) is 0 Å². The summed E-state index contributed by atoms with van der Waals surface area (Å²) in [5.74, 6) is 0. The molecule has 1 fully saturated rings. The van der Waals surface area contributed by atoms with Crippen molar-refractivity contribution in [2.24, 2.45) is 5.73 Å². The molecule has 0 aliphatic carbocycles. The number of nitrogens with two attached hydrogens (primary N) is 1. The monoisotopic (exact) mass is 317 g/mol. The van der Waals surface area contributed by atoms with Gasteiger partial charge in [-0.15, -0.1) is 0 Å². The summed E-state index contributed by atoms with van der Waals surface area (Å²) in [6, 6.07) is 0. The summed E-state index contributed by atoms with van der Waals surface area (Å²) in [4.78, 5) is 0. The molecule has 2 atom stereocenters. The zero-order chi connectivity index (χ0) is 7.30. The van der Waals surface area contributed by atoms with Crippen LogP contribution in [0.2, 0.25) is 0 Å². The summed E-state index contributed by atoms with van der Waals surface area (Å²) in [5.41, 5.74) is 5.67. The molecule has 0 aromatic heterocycles. The Hall–Kier alpha value is 0.580. The average Bonchev–Trinajstić information content (AvgIpc) is 2.55. The standard InChI is InChI=1S/C6H6BrFIN/c7-3-1-2-4(8)9-5(3)6(9)10/h1-2,5-6H,10H2. The van der Waals surface area contributed by atoms with Crippen LogP contribution in [0.1, 0.15) is 0 Å². The molecular formula is C6H6BrFIN. The van der Waals surface area contributed by atoms with Gasteiger partial charge in [0.1, 0.15) is 0 Å². The van der Waals surface area contributed by atoms with Gasteiger partial charge in [0.2, 0.25) is 0 Å². The van der Waals surface area contributed by atoms with Gasteiger partial charge in [0, 0.05) is 0 Å². The summed E-state index contributed by atoms with van der Waals surface area (Å²) in [6.07, 6.45) is 3.33. The van der Waals surface area contributed by atoms with Crippen LogP contribution in [0, 0.1) is 0 Å². The van der Waals surface area contributed by atoms with E-state index in [0.29, 0.717) is 3.92 Å². The van der Waals surface area contributed by atoms with E-state index >= 15 is 0 Å². The fourth-order valence-electron chi connectivity index (χ4n) is 1.01. The van der Waals surface area contributed by atoms with Gasteiger partial charge in [-0.05, 0) is 0 Å². The Balaban J connectivity index is 2.32. The van der Waals surface area contributed by atoms with E-state index in [0.717, 1.165) is 4.48 Å². The molecular weight excluding hydrogens is 312 g/mol. The topological polar surface area (TPSA) is 26.0 Å². The minimum atomic E-state index is -1.48. The van der Waals surface area contributed by atoms with Gasteiger partial charge in [0.15, 0.2) is 0 Å². The molecule has 10 heavy (non-hydrogen) atoms. The molecule has 2 unspecified atom stereocenters. The van der Waals surface area contributed by atoms with Crippen molar-refractivity contribution in [2.75, 3.05) is 0 Å². The second-order valence-corrected chi connectivity index (χ2v) is 8.89. The molecule has 0 saturated carbocycles. The first-order valence-corrected chi connectivity index (χ1v) is 7.23. The number of hydrogen-bond donors (Lipinski definition) is 1. The molecule has 1 nitrogen and oxygen atoms in total. The van der Waals surface area contributed by atoms with Crippen LogP contribution in [0.25, 0.3) is 0 Å². The number of allylic oxidation sites excluding steroid dienone is 2. The van der Waals surface area contributed by atoms with Crippen LogP contribution in [0.15, 0.2) is 20.5 Å². The molecule has 1 saturated heterocycles. The molecule has 2 aliphatic heterocycles. The second-order valence-electron chi connectivity index (χ2n) is 2.20. The number of hydrogen-bond acceptors (Lipinski definition) is 1. The first kappa shape index (κ1) is 7.24. The van der Waals surface area contributed by atoms with Crippen LogP contribution >= 0.6 is 35.7 Å². The van der Waals surface area contributed by atoms with Crippen LogP contribution in [0.5, 0.6) is 0 Å². The van der Waals surface area contributed by atoms with Crippen molar-refractivity contribution in [3.05, 3.63) is 20.5 Å². The van der Waals surface area contributed by atoms with Crippen molar-refractivity contribution in [2.45, 2.75) is 7.97 Å². The second kappa shape index (κ2) is 2.28. The van der Waals surface area contributed by atoms with E-state index in [1.54, 1.807) is 12.2 Å². The number of halogens is 3. The Morgan fingerprint density at radius 3 is 2.90 bits per heavy atom. The average molecular weight is 318 g/mol. The molecule has 0 radical (unpaired) electrons. The van der Waals surface area contributed by atoms with E-state index < -0.39 is 19.8 Å². The molecule has 0 spiro atoms. The first-order chi connectivity index (χ1) is 4.72. The van der Waals surface area contributed by atoms with Crippen molar-refractivity contribution < 1.29 is 4.39 Å². The molecule has 0 bridgehead atoms. The Morgan fingerprint density at radius 2 is 2.30 bits per heavy atom. The minimum absolute atomic E-state index is 0.0879. The molecule has 0 aromatic carbocycles. The van der Waals surface area contributed by atoms with E-state index in [9.17, 15) is 4.39 Å². The third kappa shape index (κ3) is 0.887. The Morgan fingerprint density at radius 1 is 1.60 bits per heavy atom. The van der Waals surface area contributed by atoms with Crippen molar-refractivity contribution in [1.29, 1.82) is 0 Å². The van der Waals surface area contributed by atoms with Crippen LogP contribution in [-0.4, -0.2) is 7.97 Å². The fraction of sp³-hybridized carbons (Fsp3) is 0.333. The van der Waals surface area contributed by atoms with Gasteiger partial charge in [0.25, 0.3) is 0 Å². The molecule has 0 amide bonds. The van der Waals surface area contributed by atoms with Crippen LogP contribution in [-0.2, 0) is 0 Å². The SMILES string of the molecule is NC1C2C(Br)=CC=C(F)I12. The molecule has 2 heterocycles. The molecule has 0 aromatic rings. The Bertz CT molecular complexity index is 214. The van der Waals surface area contributed by atoms with Crippen molar-refractivity contribution >= 4 is 35.7 Å². The van der Waals surface area contributed by atoms with Crippen molar-refractivity contribution in [3.63, 3.8) is 0 Å². The van der Waals surface area contributed by atoms with Crippen LogP contribution in [0.3, 0.4) is 0 Å². The molecule has 2 N–H and O–H groups in total. The van der Waals surface area contributed by atoms with E-state index in [1.807, 2.05) is 0 Å². The summed E-state index contributed by atoms with van der Waals surface area (Å²) in [7, 11) is 0. The van der Waals surface area contributed by atoms with E-state index in [1.165, 1.54) is 0 Å². The molecule has 2 rings (SSSR count). The molecule has 2 aliphatic rings. The zero-order valence-corrected chi connectivity index (χ0v) is 8.76. The van der Waals surface area contributed by atoms with Gasteiger partial charge in [0.05, 0.1) is 0 Å². The summed E-state index contributed by atoms with van der Waals surface area (Å²) < 4.78 is 14.6. The third-order valence-corrected chi connectivity index (χ3v) is 9.07. The zero-order valence-electron chi connectivity index (χ0n) is 5.02. The predicted molar refractivity (Wildman–Crippen MR) is 52.0 cm³/mol. The number of fused-ring (bicyclic) bond motifs is 1. The van der Waals surface area contributed by atoms with Gasteiger partial charge in [-0.3, -0.25) is 0 Å². The van der Waals surface area contributed by atoms with Crippen LogP contribution in [0.4, 0.5) is 4.39 Å². The third-order valence-electron chi connectivity index (χ3n) is 1.58. The first-order valence-electron chi connectivity index (χ1n) is 2.87. The number of rotatable bonds is 0. The van der Waals surface area contributed by atoms with E-state index in [4.69, 9.17) is 5.73 Å². The Labute approximate surface area is 74.1 Å². The molecule has 4 heteroatoms. The van der Waals surface area contributed by atoms with Gasteiger partial charge >= 0.3 is 74.3 Å². The normalized spacial score (nSPS) is 40.1. The molecule has 56 valence electrons. The maximum absolute atomic E-state index is 12.8. The van der Waals surface area contributed by atoms with Gasteiger partial charge in [-0.25, -0.2) is 0 Å². The summed E-state index contributed by atoms with van der Waals surface area (Å²) in [6.45, 7) is 0. The number of alkyl halides is 2. The summed E-state index contributed by atoms with van der Waals surface area (Å²) in [5, 5.41) is 0. The van der Waals surface area contributed by atoms with Crippen molar-refractivity contribution in [1.82, 2.24) is 0 Å². The maximum atomic E-state index is 12.8. The van der Waals surface area contributed by atoms with E-state index in [2.05, 4.69) is 15.9 Å². The van der Waals surface area contributed by atoms with E-state index in [-0.39, 0.29) is 7.88 Å². The fourth-order valence-corrected chi connectivity index (χ4v) is 8.42. The predicted octanol–water partition coefficient (Wildman–Crippen LogP) is 2.26. The Kier molecular flexibility index (Phi) is 1.65.